The van der Waals surface area contributed by atoms with Crippen molar-refractivity contribution in [2.75, 3.05) is 14.2 Å². The van der Waals surface area contributed by atoms with E-state index in [1.807, 2.05) is 0 Å². The van der Waals surface area contributed by atoms with E-state index < -0.39 is 24.0 Å². The van der Waals surface area contributed by atoms with Crippen LogP contribution in [0.5, 0.6) is 0 Å². The largest absolute Gasteiger partial charge is 0.472 e. The minimum absolute atomic E-state index is 0.00514. The van der Waals surface area contributed by atoms with Gasteiger partial charge in [-0.15, -0.1) is 0 Å². The fourth-order valence-electron chi connectivity index (χ4n) is 3.35. The molecule has 26 heavy (non-hydrogen) atoms. The maximum Gasteiger partial charge on any atom is 0.334 e. The number of hydrogen-bond acceptors (Lipinski definition) is 7. The van der Waals surface area contributed by atoms with Crippen molar-refractivity contribution >= 4 is 11.8 Å². The lowest BCUT2D eigenvalue weighted by Crippen LogP contribution is -2.59. The molecule has 1 aromatic rings. The van der Waals surface area contributed by atoms with Crippen LogP contribution in [-0.4, -0.2) is 48.1 Å². The molecule has 2 heterocycles. The molecule has 0 aliphatic carbocycles. The van der Waals surface area contributed by atoms with Crippen molar-refractivity contribution in [1.29, 1.82) is 0 Å². The maximum atomic E-state index is 13.2. The van der Waals surface area contributed by atoms with E-state index in [1.165, 1.54) is 25.2 Å². The van der Waals surface area contributed by atoms with Gasteiger partial charge in [-0.2, -0.15) is 0 Å². The topological polar surface area (TPSA) is 85.3 Å². The molecule has 0 fully saturated rings. The van der Waals surface area contributed by atoms with Crippen LogP contribution in [0, 0.1) is 5.92 Å². The van der Waals surface area contributed by atoms with E-state index in [9.17, 15) is 14.7 Å². The Morgan fingerprint density at radius 3 is 2.42 bits per heavy atom. The lowest BCUT2D eigenvalue weighted by molar-refractivity contribution is -0.268. The molecule has 7 nitrogen and oxygen atoms in total. The summed E-state index contributed by atoms with van der Waals surface area (Å²) >= 11 is 0. The second-order valence-corrected chi connectivity index (χ2v) is 6.18. The van der Waals surface area contributed by atoms with Crippen molar-refractivity contribution in [3.05, 3.63) is 59.0 Å². The predicted molar refractivity (Wildman–Crippen MR) is 91.4 cm³/mol. The molecule has 1 aromatic carbocycles. The number of fused-ring (bicyclic) bond motifs is 1. The Morgan fingerprint density at radius 1 is 1.19 bits per heavy atom. The number of ether oxygens (including phenoxy) is 3. The highest BCUT2D eigenvalue weighted by atomic mass is 16.7. The van der Waals surface area contributed by atoms with E-state index in [4.69, 9.17) is 14.2 Å². The summed E-state index contributed by atoms with van der Waals surface area (Å²) in [6, 6.07) is 8.62. The molecule has 7 heteroatoms. The second-order valence-electron chi connectivity index (χ2n) is 6.18. The van der Waals surface area contributed by atoms with Crippen molar-refractivity contribution in [1.82, 2.24) is 4.90 Å². The van der Waals surface area contributed by atoms with Gasteiger partial charge in [0, 0.05) is 18.7 Å². The van der Waals surface area contributed by atoms with Gasteiger partial charge in [0.2, 0.25) is 0 Å². The number of Topliss-reactive ketones (excluding diaryl/α,β-unsaturated/α-hetero) is 1. The maximum absolute atomic E-state index is 13.2. The van der Waals surface area contributed by atoms with Crippen molar-refractivity contribution < 1.29 is 28.9 Å². The van der Waals surface area contributed by atoms with E-state index in [-0.39, 0.29) is 11.4 Å². The van der Waals surface area contributed by atoms with Gasteiger partial charge in [-0.1, -0.05) is 30.3 Å². The monoisotopic (exact) mass is 359 g/mol. The van der Waals surface area contributed by atoms with E-state index in [1.54, 1.807) is 44.2 Å². The number of benzene rings is 1. The van der Waals surface area contributed by atoms with Crippen LogP contribution in [0.15, 0.2) is 53.4 Å². The molecule has 0 amide bonds. The van der Waals surface area contributed by atoms with Crippen LogP contribution in [0.2, 0.25) is 0 Å². The van der Waals surface area contributed by atoms with Crippen molar-refractivity contribution in [2.24, 2.45) is 5.92 Å². The Hall–Kier alpha value is -2.64. The third kappa shape index (κ3) is 2.69. The molecule has 0 spiro atoms. The number of aliphatic hydroxyl groups is 1. The van der Waals surface area contributed by atoms with Crippen molar-refractivity contribution in [3.8, 4) is 0 Å². The molecule has 1 N–H and O–H groups in total. The quantitative estimate of drug-likeness (QED) is 0.498. The molecule has 0 bridgehead atoms. The zero-order chi connectivity index (χ0) is 19.1. The van der Waals surface area contributed by atoms with Gasteiger partial charge in [-0.3, -0.25) is 9.69 Å². The summed E-state index contributed by atoms with van der Waals surface area (Å²) < 4.78 is 15.9. The Kier molecular flexibility index (Phi) is 4.60. The first-order valence-corrected chi connectivity index (χ1v) is 8.15. The molecule has 0 radical (unpaired) electrons. The number of ketones is 1. The van der Waals surface area contributed by atoms with Gasteiger partial charge in [0.05, 0.1) is 18.4 Å². The lowest BCUT2D eigenvalue weighted by atomic mass is 9.84. The van der Waals surface area contributed by atoms with Crippen molar-refractivity contribution in [2.45, 2.75) is 26.0 Å². The Morgan fingerprint density at radius 2 is 1.85 bits per heavy atom. The standard InChI is InChI=1S/C19H21NO6/c1-11-12(2)26-17-15(16(21)13-8-6-5-7-9-13)14(18(22)24-3)10-19(23,25-4)20(11)17/h5-10,15,17,23H,1-4H3. The predicted octanol–water partition coefficient (Wildman–Crippen LogP) is 1.80. The van der Waals surface area contributed by atoms with Crippen molar-refractivity contribution in [3.63, 3.8) is 0 Å². The number of esters is 1. The molecule has 0 saturated heterocycles. The Labute approximate surface area is 151 Å². The molecular weight excluding hydrogens is 338 g/mol. The van der Waals surface area contributed by atoms with Gasteiger partial charge in [-0.05, 0) is 13.8 Å². The van der Waals surface area contributed by atoms with E-state index >= 15 is 0 Å². The lowest BCUT2D eigenvalue weighted by Gasteiger charge is -2.44. The van der Waals surface area contributed by atoms with Crippen LogP contribution in [0.3, 0.4) is 0 Å². The zero-order valence-corrected chi connectivity index (χ0v) is 15.1. The van der Waals surface area contributed by atoms with Crippen LogP contribution in [-0.2, 0) is 19.0 Å². The molecule has 3 unspecified atom stereocenters. The number of carbonyl (C=O) groups excluding carboxylic acids is 2. The van der Waals surface area contributed by atoms with E-state index in [0.717, 1.165) is 0 Å². The van der Waals surface area contributed by atoms with Gasteiger partial charge in [-0.25, -0.2) is 4.79 Å². The highest BCUT2D eigenvalue weighted by Gasteiger charge is 2.55. The summed E-state index contributed by atoms with van der Waals surface area (Å²) in [5, 5.41) is 10.9. The van der Waals surface area contributed by atoms with E-state index in [0.29, 0.717) is 17.0 Å². The summed E-state index contributed by atoms with van der Waals surface area (Å²) in [5.74, 6) is -3.40. The van der Waals surface area contributed by atoms with Crippen LogP contribution in [0.1, 0.15) is 24.2 Å². The number of hydrogen-bond donors (Lipinski definition) is 1. The van der Waals surface area contributed by atoms with Crippen LogP contribution < -0.4 is 0 Å². The third-order valence-electron chi connectivity index (χ3n) is 4.79. The Bertz CT molecular complexity index is 800. The highest BCUT2D eigenvalue weighted by Crippen LogP contribution is 2.44. The van der Waals surface area contributed by atoms with Crippen LogP contribution in [0.4, 0.5) is 0 Å². The first-order valence-electron chi connectivity index (χ1n) is 8.15. The first kappa shape index (κ1) is 18.2. The smallest absolute Gasteiger partial charge is 0.334 e. The summed E-state index contributed by atoms with van der Waals surface area (Å²) in [4.78, 5) is 27.0. The third-order valence-corrected chi connectivity index (χ3v) is 4.79. The fraction of sp³-hybridized carbons (Fsp3) is 0.368. The summed E-state index contributed by atoms with van der Waals surface area (Å²) in [6.07, 6.45) is 0.290. The Balaban J connectivity index is 2.15. The average Bonchev–Trinajstić information content (AvgIpc) is 2.96. The molecule has 138 valence electrons. The normalized spacial score (nSPS) is 27.6. The minimum Gasteiger partial charge on any atom is -0.472 e. The number of allylic oxidation sites excluding steroid dienone is 2. The number of carbonyl (C=O) groups is 2. The number of nitrogens with zero attached hydrogens (tertiary/aromatic N) is 1. The first-order chi connectivity index (χ1) is 12.3. The van der Waals surface area contributed by atoms with E-state index in [2.05, 4.69) is 0 Å². The molecule has 3 rings (SSSR count). The fourth-order valence-corrected chi connectivity index (χ4v) is 3.35. The molecule has 0 saturated carbocycles. The number of rotatable bonds is 4. The highest BCUT2D eigenvalue weighted by molar-refractivity contribution is 6.06. The van der Waals surface area contributed by atoms with Crippen LogP contribution in [0.25, 0.3) is 0 Å². The SMILES string of the molecule is COC(=O)C1=CC(O)(OC)N2C(C)=C(C)OC2C1C(=O)c1ccccc1. The van der Waals surface area contributed by atoms with Gasteiger partial charge < -0.3 is 19.3 Å². The zero-order valence-electron chi connectivity index (χ0n) is 15.1. The molecular formula is C19H21NO6. The van der Waals surface area contributed by atoms with Gasteiger partial charge in [0.25, 0.3) is 5.91 Å². The number of methoxy groups -OCH3 is 2. The molecule has 2 aliphatic heterocycles. The minimum atomic E-state index is -1.93. The second kappa shape index (κ2) is 6.59. The molecule has 2 aliphatic rings. The summed E-state index contributed by atoms with van der Waals surface area (Å²) in [6.45, 7) is 3.48. The van der Waals surface area contributed by atoms with Gasteiger partial charge >= 0.3 is 5.97 Å². The molecule has 0 aromatic heterocycles. The summed E-state index contributed by atoms with van der Waals surface area (Å²) in [5.41, 5.74) is 1.04. The average molecular weight is 359 g/mol. The van der Waals surface area contributed by atoms with Gasteiger partial charge in [0.1, 0.15) is 11.7 Å². The van der Waals surface area contributed by atoms with Crippen LogP contribution >= 0.6 is 0 Å². The van der Waals surface area contributed by atoms with Gasteiger partial charge in [0.15, 0.2) is 12.0 Å². The summed E-state index contributed by atoms with van der Waals surface area (Å²) in [7, 11) is 2.53. The molecule has 3 atom stereocenters.